The molecule has 1 amide bonds. The zero-order chi connectivity index (χ0) is 14.6. The van der Waals surface area contributed by atoms with Crippen LogP contribution in [0, 0.1) is 0 Å². The van der Waals surface area contributed by atoms with E-state index in [1.54, 1.807) is 6.92 Å². The average Bonchev–Trinajstić information content (AvgIpc) is 2.19. The summed E-state index contributed by atoms with van der Waals surface area (Å²) in [4.78, 5) is 10.9. The number of alkyl halides is 6. The smallest absolute Gasteiger partial charge is 0.420 e. The van der Waals surface area contributed by atoms with Crippen LogP contribution in [0.3, 0.4) is 0 Å². The number of ether oxygens (including phenoxy) is 1. The maximum Gasteiger partial charge on any atom is 0.420 e. The van der Waals surface area contributed by atoms with Crippen LogP contribution in [-0.2, 0) is 4.74 Å². The monoisotopic (exact) mass is 281 g/mol. The number of hydrogen-bond donors (Lipinski definition) is 1. The number of amides is 1. The van der Waals surface area contributed by atoms with Crippen LogP contribution < -0.4 is 5.32 Å². The van der Waals surface area contributed by atoms with E-state index in [9.17, 15) is 31.1 Å². The molecule has 0 fully saturated rings. The summed E-state index contributed by atoms with van der Waals surface area (Å²) in [5, 5.41) is 0.884. The maximum atomic E-state index is 12.6. The molecule has 0 aromatic rings. The third-order valence-corrected chi connectivity index (χ3v) is 2.25. The van der Waals surface area contributed by atoms with Crippen LogP contribution in [0.25, 0.3) is 0 Å². The summed E-state index contributed by atoms with van der Waals surface area (Å²) in [5.74, 6) is 0. The van der Waals surface area contributed by atoms with Crippen LogP contribution in [0.15, 0.2) is 0 Å². The molecule has 0 aromatic carbocycles. The summed E-state index contributed by atoms with van der Waals surface area (Å²) in [6.07, 6.45) is -14.2. The van der Waals surface area contributed by atoms with E-state index < -0.39 is 30.4 Å². The molecule has 0 atom stereocenters. The summed E-state index contributed by atoms with van der Waals surface area (Å²) in [7, 11) is 0. The number of carbonyl (C=O) groups excluding carboxylic acids is 1. The van der Waals surface area contributed by atoms with Crippen molar-refractivity contribution in [2.24, 2.45) is 0 Å². The van der Waals surface area contributed by atoms with Crippen molar-refractivity contribution in [2.75, 3.05) is 6.61 Å². The Hall–Kier alpha value is -1.15. The molecule has 0 unspecified atom stereocenters. The van der Waals surface area contributed by atoms with E-state index in [2.05, 4.69) is 4.74 Å². The average molecular weight is 281 g/mol. The van der Waals surface area contributed by atoms with Gasteiger partial charge in [0.25, 0.3) is 0 Å². The van der Waals surface area contributed by atoms with Gasteiger partial charge in [-0.15, -0.1) is 0 Å². The highest BCUT2D eigenvalue weighted by Crippen LogP contribution is 2.45. The number of nitrogens with one attached hydrogen (secondary N) is 1. The number of carbonyl (C=O) groups is 1. The van der Waals surface area contributed by atoms with Gasteiger partial charge in [0, 0.05) is 0 Å². The number of rotatable bonds is 4. The van der Waals surface area contributed by atoms with Gasteiger partial charge in [0.05, 0.1) is 6.61 Å². The van der Waals surface area contributed by atoms with Gasteiger partial charge < -0.3 is 4.74 Å². The summed E-state index contributed by atoms with van der Waals surface area (Å²) in [6, 6.07) is 0. The Bertz CT molecular complexity index is 272. The van der Waals surface area contributed by atoms with E-state index in [1.807, 2.05) is 0 Å². The zero-order valence-corrected chi connectivity index (χ0v) is 9.71. The summed E-state index contributed by atoms with van der Waals surface area (Å²) >= 11 is 0. The molecule has 0 aromatic heterocycles. The van der Waals surface area contributed by atoms with Crippen molar-refractivity contribution in [1.29, 1.82) is 0 Å². The Labute approximate surface area is 99.5 Å². The highest BCUT2D eigenvalue weighted by atomic mass is 19.4. The largest absolute Gasteiger partial charge is 0.450 e. The van der Waals surface area contributed by atoms with Crippen LogP contribution in [0.2, 0.25) is 0 Å². The minimum Gasteiger partial charge on any atom is -0.450 e. The summed E-state index contributed by atoms with van der Waals surface area (Å²) in [5.41, 5.74) is -4.29. The molecule has 0 aliphatic carbocycles. The Morgan fingerprint density at radius 2 is 1.50 bits per heavy atom. The Kier molecular flexibility index (Phi) is 5.30. The van der Waals surface area contributed by atoms with Gasteiger partial charge in [-0.05, 0) is 12.8 Å². The van der Waals surface area contributed by atoms with Crippen molar-refractivity contribution < 1.29 is 35.9 Å². The third-order valence-electron chi connectivity index (χ3n) is 2.25. The molecule has 0 radical (unpaired) electrons. The fraction of sp³-hybridized carbons (Fsp3) is 0.889. The molecule has 0 bridgehead atoms. The predicted molar refractivity (Wildman–Crippen MR) is 49.9 cm³/mol. The van der Waals surface area contributed by atoms with Gasteiger partial charge in [-0.25, -0.2) is 4.79 Å². The SMILES string of the molecule is CCCOC(=O)NC(CC)(C(F)(F)F)C(F)(F)F. The minimum atomic E-state index is -5.66. The molecule has 0 rings (SSSR count). The molecule has 9 heteroatoms. The van der Waals surface area contributed by atoms with Gasteiger partial charge in [0.15, 0.2) is 0 Å². The second-order valence-corrected chi connectivity index (χ2v) is 3.52. The van der Waals surface area contributed by atoms with E-state index in [-0.39, 0.29) is 13.0 Å². The highest BCUT2D eigenvalue weighted by molar-refractivity contribution is 5.68. The number of alkyl carbamates (subject to hydrolysis) is 1. The zero-order valence-electron chi connectivity index (χ0n) is 9.71. The van der Waals surface area contributed by atoms with Crippen molar-refractivity contribution in [3.63, 3.8) is 0 Å². The van der Waals surface area contributed by atoms with Crippen LogP contribution in [0.1, 0.15) is 26.7 Å². The molecule has 0 spiro atoms. The fourth-order valence-corrected chi connectivity index (χ4v) is 1.20. The molecular formula is C9H13F6NO2. The normalized spacial score (nSPS) is 13.3. The molecular weight excluding hydrogens is 268 g/mol. The molecule has 0 aliphatic heterocycles. The van der Waals surface area contributed by atoms with Crippen LogP contribution >= 0.6 is 0 Å². The van der Waals surface area contributed by atoms with Crippen molar-refractivity contribution in [2.45, 2.75) is 44.6 Å². The summed E-state index contributed by atoms with van der Waals surface area (Å²) in [6.45, 7) is 1.97. The summed E-state index contributed by atoms with van der Waals surface area (Å²) < 4.78 is 79.6. The van der Waals surface area contributed by atoms with E-state index in [0.29, 0.717) is 6.92 Å². The van der Waals surface area contributed by atoms with E-state index in [0.717, 1.165) is 5.32 Å². The van der Waals surface area contributed by atoms with E-state index in [4.69, 9.17) is 0 Å². The first-order valence-corrected chi connectivity index (χ1v) is 5.10. The van der Waals surface area contributed by atoms with E-state index >= 15 is 0 Å². The molecule has 18 heavy (non-hydrogen) atoms. The van der Waals surface area contributed by atoms with Crippen LogP contribution in [0.4, 0.5) is 31.1 Å². The van der Waals surface area contributed by atoms with Crippen molar-refractivity contribution in [3.8, 4) is 0 Å². The lowest BCUT2D eigenvalue weighted by Crippen LogP contribution is -2.67. The first-order chi connectivity index (χ1) is 8.02. The highest BCUT2D eigenvalue weighted by Gasteiger charge is 2.70. The van der Waals surface area contributed by atoms with Crippen LogP contribution in [0.5, 0.6) is 0 Å². The van der Waals surface area contributed by atoms with Gasteiger partial charge in [-0.2, -0.15) is 26.3 Å². The standard InChI is InChI=1S/C9H13F6NO2/c1-3-5-18-6(17)16-7(4-2,8(10,11)12)9(13,14)15/h3-5H2,1-2H3,(H,16,17). The number of hydrogen-bond acceptors (Lipinski definition) is 2. The lowest BCUT2D eigenvalue weighted by molar-refractivity contribution is -0.305. The predicted octanol–water partition coefficient (Wildman–Crippen LogP) is 3.40. The first kappa shape index (κ1) is 16.9. The minimum absolute atomic E-state index is 0.263. The quantitative estimate of drug-likeness (QED) is 0.802. The van der Waals surface area contributed by atoms with Gasteiger partial charge in [0.2, 0.25) is 5.54 Å². The lowest BCUT2D eigenvalue weighted by Gasteiger charge is -2.36. The Balaban J connectivity index is 5.18. The van der Waals surface area contributed by atoms with Gasteiger partial charge in [-0.3, -0.25) is 5.32 Å². The fourth-order valence-electron chi connectivity index (χ4n) is 1.20. The molecule has 3 nitrogen and oxygen atoms in total. The molecule has 1 N–H and O–H groups in total. The van der Waals surface area contributed by atoms with E-state index in [1.165, 1.54) is 0 Å². The molecule has 0 aliphatic rings. The Morgan fingerprint density at radius 1 is 1.06 bits per heavy atom. The van der Waals surface area contributed by atoms with Crippen molar-refractivity contribution in [3.05, 3.63) is 0 Å². The van der Waals surface area contributed by atoms with Crippen LogP contribution in [-0.4, -0.2) is 30.6 Å². The molecule has 0 heterocycles. The lowest BCUT2D eigenvalue weighted by atomic mass is 9.94. The maximum absolute atomic E-state index is 12.6. The van der Waals surface area contributed by atoms with Crippen molar-refractivity contribution >= 4 is 6.09 Å². The number of halogens is 6. The van der Waals surface area contributed by atoms with Crippen molar-refractivity contribution in [1.82, 2.24) is 5.32 Å². The van der Waals surface area contributed by atoms with Gasteiger partial charge >= 0.3 is 18.4 Å². The topological polar surface area (TPSA) is 38.3 Å². The second kappa shape index (κ2) is 5.66. The molecule has 0 saturated carbocycles. The van der Waals surface area contributed by atoms with Gasteiger partial charge in [-0.1, -0.05) is 13.8 Å². The second-order valence-electron chi connectivity index (χ2n) is 3.52. The van der Waals surface area contributed by atoms with Gasteiger partial charge in [0.1, 0.15) is 0 Å². The molecule has 108 valence electrons. The molecule has 0 saturated heterocycles. The first-order valence-electron chi connectivity index (χ1n) is 5.10. The third kappa shape index (κ3) is 3.42. The Morgan fingerprint density at radius 3 is 1.78 bits per heavy atom.